The fraction of sp³-hybridized carbons (Fsp3) is 0.105. The van der Waals surface area contributed by atoms with Crippen LogP contribution < -0.4 is 11.1 Å². The highest BCUT2D eigenvalue weighted by molar-refractivity contribution is 7.30. The Labute approximate surface area is 256 Å². The van der Waals surface area contributed by atoms with E-state index in [1.165, 1.54) is 45.9 Å². The minimum absolute atomic E-state index is 0.741. The Morgan fingerprint density at radius 3 is 2.12 bits per heavy atom. The van der Waals surface area contributed by atoms with Gasteiger partial charge in [0, 0.05) is 47.8 Å². The van der Waals surface area contributed by atoms with Crippen LogP contribution in [-0.2, 0) is 6.54 Å². The SMILES string of the molecule is C=C(/C=C\C=C/N)c1c(NCc2ccccc2)c2sc3ccccc3c2c2sc3ccccc3c12.C=CCC/C=C\C. The van der Waals surface area contributed by atoms with Crippen LogP contribution in [0.15, 0.2) is 135 Å². The molecule has 0 bridgehead atoms. The van der Waals surface area contributed by atoms with E-state index in [1.807, 2.05) is 47.8 Å². The summed E-state index contributed by atoms with van der Waals surface area (Å²) in [5, 5.41) is 9.01. The first-order valence-electron chi connectivity index (χ1n) is 14.2. The lowest BCUT2D eigenvalue weighted by Crippen LogP contribution is -2.02. The number of anilines is 1. The summed E-state index contributed by atoms with van der Waals surface area (Å²) >= 11 is 3.73. The highest BCUT2D eigenvalue weighted by Gasteiger charge is 2.22. The van der Waals surface area contributed by atoms with E-state index in [1.54, 1.807) is 6.20 Å². The number of unbranched alkanes of at least 4 members (excludes halogenated alkanes) is 1. The molecule has 6 rings (SSSR count). The van der Waals surface area contributed by atoms with Gasteiger partial charge in [0.05, 0.1) is 10.4 Å². The van der Waals surface area contributed by atoms with Crippen LogP contribution in [0.5, 0.6) is 0 Å². The predicted octanol–water partition coefficient (Wildman–Crippen LogP) is 11.6. The van der Waals surface area contributed by atoms with E-state index in [2.05, 4.69) is 116 Å². The van der Waals surface area contributed by atoms with Gasteiger partial charge in [0.25, 0.3) is 0 Å². The molecule has 0 spiro atoms. The Balaban J connectivity index is 0.000000451. The van der Waals surface area contributed by atoms with Crippen molar-refractivity contribution in [3.8, 4) is 0 Å². The van der Waals surface area contributed by atoms with Crippen molar-refractivity contribution < 1.29 is 0 Å². The van der Waals surface area contributed by atoms with Gasteiger partial charge in [-0.2, -0.15) is 0 Å². The molecule has 0 radical (unpaired) electrons. The van der Waals surface area contributed by atoms with Gasteiger partial charge in [-0.05, 0) is 55.3 Å². The van der Waals surface area contributed by atoms with Crippen LogP contribution in [0.2, 0.25) is 0 Å². The maximum Gasteiger partial charge on any atom is 0.0611 e. The van der Waals surface area contributed by atoms with Crippen LogP contribution in [-0.4, -0.2) is 0 Å². The van der Waals surface area contributed by atoms with Crippen LogP contribution >= 0.6 is 22.7 Å². The molecule has 2 aromatic heterocycles. The van der Waals surface area contributed by atoms with Gasteiger partial charge in [0.15, 0.2) is 0 Å². The molecular weight excluding hydrogens is 549 g/mol. The summed E-state index contributed by atoms with van der Waals surface area (Å²) in [5.41, 5.74) is 10.1. The third-order valence-corrected chi connectivity index (χ3v) is 9.45. The molecule has 0 fully saturated rings. The number of thiophene rings is 2. The minimum Gasteiger partial charge on any atom is -0.405 e. The molecule has 210 valence electrons. The first kappa shape index (κ1) is 29.1. The Hall–Kier alpha value is -4.38. The van der Waals surface area contributed by atoms with E-state index >= 15 is 0 Å². The maximum absolute atomic E-state index is 5.59. The Kier molecular flexibility index (Phi) is 9.70. The molecule has 2 heterocycles. The largest absolute Gasteiger partial charge is 0.405 e. The molecule has 0 aliphatic carbocycles. The van der Waals surface area contributed by atoms with Crippen molar-refractivity contribution in [1.82, 2.24) is 0 Å². The van der Waals surface area contributed by atoms with Gasteiger partial charge in [-0.1, -0.05) is 104 Å². The second-order valence-electron chi connectivity index (χ2n) is 9.90. The lowest BCUT2D eigenvalue weighted by atomic mass is 9.95. The molecule has 0 aliphatic rings. The lowest BCUT2D eigenvalue weighted by Gasteiger charge is -2.16. The number of hydrogen-bond donors (Lipinski definition) is 2. The quantitative estimate of drug-likeness (QED) is 0.101. The van der Waals surface area contributed by atoms with Crippen molar-refractivity contribution in [2.45, 2.75) is 26.3 Å². The molecule has 3 N–H and O–H groups in total. The van der Waals surface area contributed by atoms with Gasteiger partial charge >= 0.3 is 0 Å². The fourth-order valence-corrected chi connectivity index (χ4v) is 7.71. The molecule has 2 nitrogen and oxygen atoms in total. The zero-order chi connectivity index (χ0) is 29.3. The highest BCUT2D eigenvalue weighted by Crippen LogP contribution is 2.51. The normalized spacial score (nSPS) is 11.7. The van der Waals surface area contributed by atoms with E-state index < -0.39 is 0 Å². The van der Waals surface area contributed by atoms with E-state index in [0.717, 1.165) is 36.2 Å². The van der Waals surface area contributed by atoms with Gasteiger partial charge in [-0.15, -0.1) is 29.3 Å². The molecular formula is C38H36N2S2. The van der Waals surface area contributed by atoms with E-state index in [9.17, 15) is 0 Å². The second kappa shape index (κ2) is 14.0. The summed E-state index contributed by atoms with van der Waals surface area (Å²) in [6.45, 7) is 10.9. The summed E-state index contributed by atoms with van der Waals surface area (Å²) < 4.78 is 5.19. The van der Waals surface area contributed by atoms with Gasteiger partial charge in [0.2, 0.25) is 0 Å². The van der Waals surface area contributed by atoms with Crippen molar-refractivity contribution in [3.05, 3.63) is 146 Å². The summed E-state index contributed by atoms with van der Waals surface area (Å²) in [4.78, 5) is 0. The molecule has 0 amide bonds. The van der Waals surface area contributed by atoms with Gasteiger partial charge < -0.3 is 11.1 Å². The van der Waals surface area contributed by atoms with Crippen molar-refractivity contribution in [1.29, 1.82) is 0 Å². The summed E-state index contributed by atoms with van der Waals surface area (Å²) in [7, 11) is 0. The van der Waals surface area contributed by atoms with Crippen LogP contribution in [0.3, 0.4) is 0 Å². The molecule has 0 unspecified atom stereocenters. The summed E-state index contributed by atoms with van der Waals surface area (Å²) in [6.07, 6.45) is 15.8. The summed E-state index contributed by atoms with van der Waals surface area (Å²) in [6, 6.07) is 28.0. The molecule has 0 aliphatic heterocycles. The Morgan fingerprint density at radius 2 is 1.45 bits per heavy atom. The van der Waals surface area contributed by atoms with Crippen LogP contribution in [0.4, 0.5) is 5.69 Å². The van der Waals surface area contributed by atoms with Gasteiger partial charge in [-0.25, -0.2) is 0 Å². The molecule has 0 saturated heterocycles. The number of nitrogens with two attached hydrogens (primary N) is 1. The Morgan fingerprint density at radius 1 is 0.810 bits per heavy atom. The zero-order valence-corrected chi connectivity index (χ0v) is 25.6. The molecule has 6 aromatic rings. The number of benzene rings is 4. The van der Waals surface area contributed by atoms with Crippen molar-refractivity contribution in [2.75, 3.05) is 5.32 Å². The lowest BCUT2D eigenvalue weighted by molar-refractivity contribution is 1.05. The number of nitrogens with one attached hydrogen (secondary N) is 1. The van der Waals surface area contributed by atoms with Crippen LogP contribution in [0, 0.1) is 0 Å². The molecule has 0 atom stereocenters. The van der Waals surface area contributed by atoms with Crippen LogP contribution in [0.1, 0.15) is 30.9 Å². The number of rotatable bonds is 9. The monoisotopic (exact) mass is 584 g/mol. The first-order chi connectivity index (χ1) is 20.7. The van der Waals surface area contributed by atoms with Gasteiger partial charge in [0.1, 0.15) is 0 Å². The van der Waals surface area contributed by atoms with E-state index in [-0.39, 0.29) is 0 Å². The highest BCUT2D eigenvalue weighted by atomic mass is 32.1. The third-order valence-electron chi connectivity index (χ3n) is 7.07. The maximum atomic E-state index is 5.59. The smallest absolute Gasteiger partial charge is 0.0611 e. The first-order valence-corrected chi connectivity index (χ1v) is 15.8. The standard InChI is InChI=1S/C31H24N2S2.C7H12/c1-20(11-9-10-18-32)26-27-22-14-5-7-16-24(22)34-30(27)28-23-15-6-8-17-25(23)35-31(28)29(26)33-19-21-12-3-2-4-13-21;1-3-5-7-6-4-2/h2-18,33H,1,19,32H2;3-4,6H,1,5,7H2,2H3/b11-9-,18-10-;6-4-. The fourth-order valence-electron chi connectivity index (χ4n) is 5.13. The van der Waals surface area contributed by atoms with Crippen molar-refractivity contribution >= 4 is 74.3 Å². The molecule has 4 aromatic carbocycles. The molecule has 0 saturated carbocycles. The average molecular weight is 585 g/mol. The van der Waals surface area contributed by atoms with Crippen LogP contribution in [0.25, 0.3) is 45.9 Å². The summed E-state index contributed by atoms with van der Waals surface area (Å²) in [5.74, 6) is 0. The molecule has 4 heteroatoms. The number of allylic oxidation sites excluding steroid dienone is 7. The average Bonchev–Trinajstić information content (AvgIpc) is 3.60. The second-order valence-corrected chi connectivity index (χ2v) is 12.0. The third kappa shape index (κ3) is 6.11. The predicted molar refractivity (Wildman–Crippen MR) is 192 cm³/mol. The van der Waals surface area contributed by atoms with Gasteiger partial charge in [-0.3, -0.25) is 0 Å². The topological polar surface area (TPSA) is 38.0 Å². The number of hydrogen-bond acceptors (Lipinski definition) is 4. The van der Waals surface area contributed by atoms with E-state index in [0.29, 0.717) is 0 Å². The minimum atomic E-state index is 0.741. The van der Waals surface area contributed by atoms with Crippen molar-refractivity contribution in [3.63, 3.8) is 0 Å². The Bertz CT molecular complexity index is 1930. The zero-order valence-electron chi connectivity index (χ0n) is 24.0. The van der Waals surface area contributed by atoms with Crippen molar-refractivity contribution in [2.24, 2.45) is 5.73 Å². The van der Waals surface area contributed by atoms with E-state index in [4.69, 9.17) is 5.73 Å². The number of fused-ring (bicyclic) bond motifs is 7. The molecule has 42 heavy (non-hydrogen) atoms.